The molecule has 0 saturated carbocycles. The topological polar surface area (TPSA) is 62.9 Å². The van der Waals surface area contributed by atoms with E-state index in [0.29, 0.717) is 5.25 Å². The summed E-state index contributed by atoms with van der Waals surface area (Å²) in [5.74, 6) is 7.55. The zero-order valence-corrected chi connectivity index (χ0v) is 12.3. The molecule has 0 spiro atoms. The van der Waals surface area contributed by atoms with Crippen LogP contribution in [0.3, 0.4) is 0 Å². The van der Waals surface area contributed by atoms with Gasteiger partial charge in [0, 0.05) is 43.9 Å². The van der Waals surface area contributed by atoms with Crippen LogP contribution in [0, 0.1) is 0 Å². The van der Waals surface area contributed by atoms with Gasteiger partial charge in [-0.15, -0.1) is 0 Å². The molecule has 1 saturated heterocycles. The number of ether oxygens (including phenoxy) is 1. The molecule has 1 aliphatic heterocycles. The van der Waals surface area contributed by atoms with E-state index < -0.39 is 0 Å². The highest BCUT2D eigenvalue weighted by atomic mass is 32.2. The Bertz CT molecular complexity index is 250. The quantitative estimate of drug-likeness (QED) is 0.249. The Labute approximate surface area is 114 Å². The molecule has 1 fully saturated rings. The van der Waals surface area contributed by atoms with Crippen molar-refractivity contribution in [2.24, 2.45) is 10.8 Å². The normalized spacial score (nSPS) is 21.2. The van der Waals surface area contributed by atoms with Crippen LogP contribution < -0.4 is 11.3 Å². The Morgan fingerprint density at radius 2 is 2.39 bits per heavy atom. The molecule has 106 valence electrons. The number of rotatable bonds is 6. The summed E-state index contributed by atoms with van der Waals surface area (Å²) in [6.45, 7) is 8.60. The first-order chi connectivity index (χ1) is 8.81. The lowest BCUT2D eigenvalue weighted by atomic mass is 10.3. The van der Waals surface area contributed by atoms with Gasteiger partial charge in [-0.05, 0) is 19.8 Å². The van der Waals surface area contributed by atoms with Gasteiger partial charge >= 0.3 is 0 Å². The largest absolute Gasteiger partial charge is 0.382 e. The number of nitrogens with two attached hydrogens (primary N) is 1. The van der Waals surface area contributed by atoms with Gasteiger partial charge in [0.15, 0.2) is 0 Å². The van der Waals surface area contributed by atoms with Crippen molar-refractivity contribution in [1.82, 2.24) is 10.3 Å². The molecule has 1 atom stereocenters. The van der Waals surface area contributed by atoms with Crippen LogP contribution in [0.4, 0.5) is 0 Å². The van der Waals surface area contributed by atoms with Gasteiger partial charge in [-0.3, -0.25) is 10.4 Å². The Hall–Kier alpha value is -0.460. The molecule has 0 amide bonds. The zero-order chi connectivity index (χ0) is 13.2. The van der Waals surface area contributed by atoms with E-state index in [2.05, 4.69) is 22.2 Å². The predicted molar refractivity (Wildman–Crippen MR) is 78.8 cm³/mol. The molecule has 0 aromatic heterocycles. The summed E-state index contributed by atoms with van der Waals surface area (Å²) in [4.78, 5) is 6.78. The second-order valence-corrected chi connectivity index (χ2v) is 5.66. The van der Waals surface area contributed by atoms with Gasteiger partial charge in [0.25, 0.3) is 0 Å². The number of hydrazine groups is 1. The lowest BCUT2D eigenvalue weighted by Gasteiger charge is -2.33. The Kier molecular flexibility index (Phi) is 8.20. The molecular weight excluding hydrogens is 248 g/mol. The average Bonchev–Trinajstić information content (AvgIpc) is 2.43. The van der Waals surface area contributed by atoms with Crippen LogP contribution in [0.2, 0.25) is 0 Å². The highest BCUT2D eigenvalue weighted by Gasteiger charge is 2.20. The van der Waals surface area contributed by atoms with E-state index in [9.17, 15) is 0 Å². The lowest BCUT2D eigenvalue weighted by Crippen LogP contribution is -2.50. The molecule has 1 aliphatic rings. The molecule has 0 radical (unpaired) electrons. The molecular formula is C12H26N4OS. The van der Waals surface area contributed by atoms with Crippen LogP contribution in [0.25, 0.3) is 0 Å². The van der Waals surface area contributed by atoms with Crippen molar-refractivity contribution in [1.29, 1.82) is 0 Å². The van der Waals surface area contributed by atoms with Crippen molar-refractivity contribution in [3.8, 4) is 0 Å². The van der Waals surface area contributed by atoms with Crippen molar-refractivity contribution < 1.29 is 4.74 Å². The summed E-state index contributed by atoms with van der Waals surface area (Å²) in [6, 6.07) is 0. The molecule has 3 N–H and O–H groups in total. The summed E-state index contributed by atoms with van der Waals surface area (Å²) in [7, 11) is 0. The fourth-order valence-corrected chi connectivity index (χ4v) is 3.07. The fourth-order valence-electron chi connectivity index (χ4n) is 1.89. The third-order valence-electron chi connectivity index (χ3n) is 2.94. The first-order valence-electron chi connectivity index (χ1n) is 6.77. The molecule has 18 heavy (non-hydrogen) atoms. The van der Waals surface area contributed by atoms with Crippen LogP contribution >= 0.6 is 11.8 Å². The molecule has 0 aromatic carbocycles. The fraction of sp³-hybridized carbons (Fsp3) is 0.917. The maximum atomic E-state index is 5.57. The second-order valence-electron chi connectivity index (χ2n) is 4.25. The molecule has 5 nitrogen and oxygen atoms in total. The van der Waals surface area contributed by atoms with Crippen LogP contribution in [0.15, 0.2) is 4.99 Å². The number of nitrogens with zero attached hydrogens (tertiary/aromatic N) is 2. The highest BCUT2D eigenvalue weighted by Crippen LogP contribution is 2.20. The smallest absolute Gasteiger partial charge is 0.208 e. The number of aliphatic imine (C=N–C) groups is 1. The average molecular weight is 274 g/mol. The minimum absolute atomic E-state index is 0.695. The number of thioether (sulfide) groups is 1. The van der Waals surface area contributed by atoms with E-state index in [4.69, 9.17) is 10.6 Å². The van der Waals surface area contributed by atoms with Gasteiger partial charge in [-0.1, -0.05) is 6.92 Å². The summed E-state index contributed by atoms with van der Waals surface area (Å²) >= 11 is 2.04. The first kappa shape index (κ1) is 15.6. The van der Waals surface area contributed by atoms with E-state index in [1.54, 1.807) is 0 Å². The van der Waals surface area contributed by atoms with Crippen LogP contribution in [-0.2, 0) is 4.74 Å². The summed E-state index contributed by atoms with van der Waals surface area (Å²) in [5, 5.41) is 0.695. The van der Waals surface area contributed by atoms with Crippen molar-refractivity contribution in [2.75, 3.05) is 38.6 Å². The summed E-state index contributed by atoms with van der Waals surface area (Å²) in [5.41, 5.74) is 2.73. The predicted octanol–water partition coefficient (Wildman–Crippen LogP) is 1.06. The van der Waals surface area contributed by atoms with Gasteiger partial charge in [0.05, 0.1) is 0 Å². The molecule has 6 heteroatoms. The third kappa shape index (κ3) is 5.46. The monoisotopic (exact) mass is 274 g/mol. The van der Waals surface area contributed by atoms with Crippen molar-refractivity contribution in [3.63, 3.8) is 0 Å². The van der Waals surface area contributed by atoms with Crippen molar-refractivity contribution in [3.05, 3.63) is 0 Å². The number of nitrogens with one attached hydrogen (secondary N) is 1. The van der Waals surface area contributed by atoms with Crippen molar-refractivity contribution >= 4 is 17.7 Å². The molecule has 0 aliphatic carbocycles. The number of guanidine groups is 1. The standard InChI is InChI=1S/C12H26N4OS/c1-3-11-10-16(7-9-18-11)12(15-13)14-6-5-8-17-4-2/h11H,3-10,13H2,1-2H3,(H,14,15). The SMILES string of the molecule is CCOCCCN=C(NN)N1CCSC(CC)C1. The minimum atomic E-state index is 0.695. The maximum Gasteiger partial charge on any atom is 0.208 e. The van der Waals surface area contributed by atoms with Gasteiger partial charge in [-0.2, -0.15) is 11.8 Å². The van der Waals surface area contributed by atoms with Crippen LogP contribution in [0.5, 0.6) is 0 Å². The van der Waals surface area contributed by atoms with Gasteiger partial charge in [-0.25, -0.2) is 5.84 Å². The van der Waals surface area contributed by atoms with Gasteiger partial charge < -0.3 is 9.64 Å². The Morgan fingerprint density at radius 1 is 1.56 bits per heavy atom. The first-order valence-corrected chi connectivity index (χ1v) is 7.82. The second kappa shape index (κ2) is 9.47. The van der Waals surface area contributed by atoms with Crippen LogP contribution in [0.1, 0.15) is 26.7 Å². The maximum absolute atomic E-state index is 5.57. The zero-order valence-electron chi connectivity index (χ0n) is 11.5. The van der Waals surface area contributed by atoms with E-state index in [0.717, 1.165) is 51.0 Å². The molecule has 0 aromatic rings. The Morgan fingerprint density at radius 3 is 3.06 bits per heavy atom. The third-order valence-corrected chi connectivity index (χ3v) is 4.31. The molecule has 0 bridgehead atoms. The van der Waals surface area contributed by atoms with E-state index in [-0.39, 0.29) is 0 Å². The highest BCUT2D eigenvalue weighted by molar-refractivity contribution is 8.00. The lowest BCUT2D eigenvalue weighted by molar-refractivity contribution is 0.146. The minimum Gasteiger partial charge on any atom is -0.382 e. The molecule has 1 unspecified atom stereocenters. The number of hydrogen-bond donors (Lipinski definition) is 2. The number of hydrogen-bond acceptors (Lipinski definition) is 4. The van der Waals surface area contributed by atoms with E-state index in [1.807, 2.05) is 18.7 Å². The molecule has 1 rings (SSSR count). The van der Waals surface area contributed by atoms with Gasteiger partial charge in [0.1, 0.15) is 0 Å². The Balaban J connectivity index is 2.36. The van der Waals surface area contributed by atoms with E-state index >= 15 is 0 Å². The van der Waals surface area contributed by atoms with Crippen molar-refractivity contribution in [2.45, 2.75) is 31.9 Å². The summed E-state index contributed by atoms with van der Waals surface area (Å²) in [6.07, 6.45) is 2.14. The summed E-state index contributed by atoms with van der Waals surface area (Å²) < 4.78 is 5.29. The molecule has 1 heterocycles. The van der Waals surface area contributed by atoms with Crippen LogP contribution in [-0.4, -0.2) is 54.7 Å². The van der Waals surface area contributed by atoms with E-state index in [1.165, 1.54) is 6.42 Å². The van der Waals surface area contributed by atoms with Gasteiger partial charge in [0.2, 0.25) is 5.96 Å².